The summed E-state index contributed by atoms with van der Waals surface area (Å²) in [6.07, 6.45) is 2.10. The number of amides is 1. The number of H-pyrrole nitrogens is 1. The molecular formula is C19H20N4O. The van der Waals surface area contributed by atoms with Crippen molar-refractivity contribution in [2.45, 2.75) is 25.8 Å². The van der Waals surface area contributed by atoms with Crippen LogP contribution in [-0.2, 0) is 24.2 Å². The Hall–Kier alpha value is -2.66. The molecule has 3 N–H and O–H groups in total. The minimum absolute atomic E-state index is 0.0349. The molecule has 1 aliphatic rings. The molecule has 0 unspecified atom stereocenters. The van der Waals surface area contributed by atoms with Crippen LogP contribution in [0.5, 0.6) is 0 Å². The molecule has 0 bridgehead atoms. The molecule has 1 amide bonds. The van der Waals surface area contributed by atoms with Crippen LogP contribution in [-0.4, -0.2) is 22.6 Å². The molecule has 0 saturated heterocycles. The van der Waals surface area contributed by atoms with Crippen molar-refractivity contribution in [3.8, 4) is 0 Å². The Balaban J connectivity index is 1.44. The summed E-state index contributed by atoms with van der Waals surface area (Å²) in [5.41, 5.74) is 5.42. The van der Waals surface area contributed by atoms with Crippen molar-refractivity contribution < 1.29 is 4.79 Å². The first-order valence-electron chi connectivity index (χ1n) is 8.34. The maximum atomic E-state index is 12.4. The van der Waals surface area contributed by atoms with Crippen LogP contribution in [0.3, 0.4) is 0 Å². The van der Waals surface area contributed by atoms with Gasteiger partial charge in [-0.15, -0.1) is 0 Å². The zero-order valence-corrected chi connectivity index (χ0v) is 13.4. The maximum absolute atomic E-state index is 12.4. The summed E-state index contributed by atoms with van der Waals surface area (Å²) in [5, 5.41) is 14.8. The normalized spacial score (nSPS) is 13.7. The molecule has 2 aromatic carbocycles. The number of aromatic nitrogens is 2. The number of carbonyl (C=O) groups is 1. The van der Waals surface area contributed by atoms with Crippen molar-refractivity contribution in [1.82, 2.24) is 15.5 Å². The highest BCUT2D eigenvalue weighted by atomic mass is 16.1. The van der Waals surface area contributed by atoms with E-state index >= 15 is 0 Å². The Morgan fingerprint density at radius 2 is 2.08 bits per heavy atom. The number of hydrogen-bond acceptors (Lipinski definition) is 3. The molecule has 2 heterocycles. The van der Waals surface area contributed by atoms with Gasteiger partial charge in [0.15, 0.2) is 0 Å². The third-order valence-electron chi connectivity index (χ3n) is 4.56. The van der Waals surface area contributed by atoms with Crippen molar-refractivity contribution in [2.24, 2.45) is 0 Å². The zero-order valence-electron chi connectivity index (χ0n) is 13.4. The van der Waals surface area contributed by atoms with Gasteiger partial charge in [0.25, 0.3) is 0 Å². The highest BCUT2D eigenvalue weighted by Gasteiger charge is 2.14. The van der Waals surface area contributed by atoms with Gasteiger partial charge in [0.1, 0.15) is 0 Å². The van der Waals surface area contributed by atoms with E-state index in [2.05, 4.69) is 26.9 Å². The van der Waals surface area contributed by atoms with E-state index in [1.165, 1.54) is 11.1 Å². The van der Waals surface area contributed by atoms with Crippen LogP contribution in [0.15, 0.2) is 42.5 Å². The van der Waals surface area contributed by atoms with Gasteiger partial charge in [0, 0.05) is 29.7 Å². The number of nitrogens with zero attached hydrogens (tertiary/aromatic N) is 1. The fourth-order valence-corrected chi connectivity index (χ4v) is 3.29. The smallest absolute Gasteiger partial charge is 0.224 e. The fraction of sp³-hybridized carbons (Fsp3) is 0.263. The summed E-state index contributed by atoms with van der Waals surface area (Å²) in [6, 6.07) is 14.1. The molecule has 1 aromatic heterocycles. The Morgan fingerprint density at radius 1 is 1.17 bits per heavy atom. The lowest BCUT2D eigenvalue weighted by Gasteiger charge is -2.20. The molecule has 122 valence electrons. The second kappa shape index (κ2) is 6.45. The van der Waals surface area contributed by atoms with Crippen LogP contribution in [0.4, 0.5) is 5.69 Å². The number of nitrogens with one attached hydrogen (secondary N) is 3. The number of aromatic amines is 1. The average Bonchev–Trinajstić information content (AvgIpc) is 3.04. The summed E-state index contributed by atoms with van der Waals surface area (Å²) in [5.74, 6) is 0.0349. The van der Waals surface area contributed by atoms with Crippen molar-refractivity contribution in [2.75, 3.05) is 11.9 Å². The molecule has 0 aliphatic carbocycles. The lowest BCUT2D eigenvalue weighted by Crippen LogP contribution is -2.25. The maximum Gasteiger partial charge on any atom is 0.224 e. The van der Waals surface area contributed by atoms with Crippen LogP contribution in [0.1, 0.15) is 23.2 Å². The van der Waals surface area contributed by atoms with Gasteiger partial charge in [0.2, 0.25) is 5.91 Å². The van der Waals surface area contributed by atoms with E-state index in [1.807, 2.05) is 36.4 Å². The molecule has 1 aliphatic heterocycles. The predicted octanol–water partition coefficient (Wildman–Crippen LogP) is 2.78. The number of carbonyl (C=O) groups excluding carboxylic acids is 1. The van der Waals surface area contributed by atoms with Crippen LogP contribution < -0.4 is 10.6 Å². The van der Waals surface area contributed by atoms with E-state index in [9.17, 15) is 4.79 Å². The average molecular weight is 320 g/mol. The number of benzene rings is 2. The molecule has 3 aromatic rings. The molecule has 0 fully saturated rings. The van der Waals surface area contributed by atoms with Gasteiger partial charge in [-0.25, -0.2) is 0 Å². The summed E-state index contributed by atoms with van der Waals surface area (Å²) in [7, 11) is 0. The van der Waals surface area contributed by atoms with Crippen molar-refractivity contribution in [3.63, 3.8) is 0 Å². The van der Waals surface area contributed by atoms with E-state index in [-0.39, 0.29) is 5.91 Å². The second-order valence-corrected chi connectivity index (χ2v) is 6.14. The van der Waals surface area contributed by atoms with Gasteiger partial charge in [-0.3, -0.25) is 9.89 Å². The van der Waals surface area contributed by atoms with Gasteiger partial charge >= 0.3 is 0 Å². The van der Waals surface area contributed by atoms with E-state index in [1.54, 1.807) is 0 Å². The molecule has 5 nitrogen and oxygen atoms in total. The van der Waals surface area contributed by atoms with Crippen LogP contribution >= 0.6 is 0 Å². The number of hydrogen-bond donors (Lipinski definition) is 3. The number of fused-ring (bicyclic) bond motifs is 2. The number of aryl methyl sites for hydroxylation is 1. The first kappa shape index (κ1) is 14.9. The van der Waals surface area contributed by atoms with E-state index in [0.717, 1.165) is 41.8 Å². The Labute approximate surface area is 140 Å². The van der Waals surface area contributed by atoms with Crippen LogP contribution in [0.25, 0.3) is 10.9 Å². The zero-order chi connectivity index (χ0) is 16.4. The van der Waals surface area contributed by atoms with Gasteiger partial charge in [0.05, 0.1) is 5.52 Å². The van der Waals surface area contributed by atoms with Gasteiger partial charge < -0.3 is 10.6 Å². The Morgan fingerprint density at radius 3 is 3.04 bits per heavy atom. The topological polar surface area (TPSA) is 69.8 Å². The second-order valence-electron chi connectivity index (χ2n) is 6.14. The summed E-state index contributed by atoms with van der Waals surface area (Å²) >= 11 is 0. The van der Waals surface area contributed by atoms with E-state index < -0.39 is 0 Å². The minimum Gasteiger partial charge on any atom is -0.326 e. The first-order valence-corrected chi connectivity index (χ1v) is 8.34. The molecule has 4 rings (SSSR count). The van der Waals surface area contributed by atoms with Gasteiger partial charge in [-0.2, -0.15) is 5.10 Å². The van der Waals surface area contributed by atoms with Crippen molar-refractivity contribution in [3.05, 3.63) is 59.3 Å². The monoisotopic (exact) mass is 320 g/mol. The number of anilines is 1. The third-order valence-corrected chi connectivity index (χ3v) is 4.56. The standard InChI is InChI=1S/C19H20N4O/c24-19(9-8-18-14-5-1-2-6-17(14)22-23-18)21-16-7-3-4-13-10-11-20-12-15(13)16/h1-7,20H,8-12H2,(H,21,24)(H,22,23). The molecule has 0 spiro atoms. The highest BCUT2D eigenvalue weighted by molar-refractivity contribution is 5.92. The van der Waals surface area contributed by atoms with Gasteiger partial charge in [-0.1, -0.05) is 30.3 Å². The molecule has 24 heavy (non-hydrogen) atoms. The summed E-state index contributed by atoms with van der Waals surface area (Å²) < 4.78 is 0. The van der Waals surface area contributed by atoms with Crippen molar-refractivity contribution in [1.29, 1.82) is 0 Å². The van der Waals surface area contributed by atoms with Crippen LogP contribution in [0, 0.1) is 0 Å². The van der Waals surface area contributed by atoms with Crippen molar-refractivity contribution >= 4 is 22.5 Å². The minimum atomic E-state index is 0.0349. The molecule has 0 saturated carbocycles. The summed E-state index contributed by atoms with van der Waals surface area (Å²) in [6.45, 7) is 1.81. The molecular weight excluding hydrogens is 300 g/mol. The molecule has 5 heteroatoms. The van der Waals surface area contributed by atoms with Gasteiger partial charge in [-0.05, 0) is 42.6 Å². The first-order chi connectivity index (χ1) is 11.8. The van der Waals surface area contributed by atoms with E-state index in [4.69, 9.17) is 0 Å². The predicted molar refractivity (Wildman–Crippen MR) is 94.9 cm³/mol. The van der Waals surface area contributed by atoms with E-state index in [0.29, 0.717) is 12.8 Å². The summed E-state index contributed by atoms with van der Waals surface area (Å²) in [4.78, 5) is 12.4. The number of rotatable bonds is 4. The quantitative estimate of drug-likeness (QED) is 0.692. The molecule has 0 radical (unpaired) electrons. The lowest BCUT2D eigenvalue weighted by atomic mass is 9.99. The fourth-order valence-electron chi connectivity index (χ4n) is 3.29. The Kier molecular flexibility index (Phi) is 4.01. The highest BCUT2D eigenvalue weighted by Crippen LogP contribution is 2.23. The molecule has 0 atom stereocenters. The third kappa shape index (κ3) is 2.90. The Bertz CT molecular complexity index is 884. The largest absolute Gasteiger partial charge is 0.326 e. The van der Waals surface area contributed by atoms with Crippen LogP contribution in [0.2, 0.25) is 0 Å². The number of para-hydroxylation sites is 1. The lowest BCUT2D eigenvalue weighted by molar-refractivity contribution is -0.116. The SMILES string of the molecule is O=C(CCc1[nH]nc2ccccc12)Nc1cccc2c1CNCC2.